The molecule has 0 unspecified atom stereocenters. The zero-order valence-electron chi connectivity index (χ0n) is 11.0. The van der Waals surface area contributed by atoms with E-state index in [2.05, 4.69) is 37.4 Å². The predicted octanol–water partition coefficient (Wildman–Crippen LogP) is 4.14. The van der Waals surface area contributed by atoms with Gasteiger partial charge < -0.3 is 10.1 Å². The van der Waals surface area contributed by atoms with E-state index < -0.39 is 0 Å². The molecule has 1 saturated carbocycles. The van der Waals surface area contributed by atoms with Crippen LogP contribution in [0.5, 0.6) is 5.75 Å². The fraction of sp³-hybridized carbons (Fsp3) is 0.600. The van der Waals surface area contributed by atoms with E-state index in [1.807, 2.05) is 0 Å². The number of hydrogen-bond acceptors (Lipinski definition) is 2. The number of nitrogens with one attached hydrogen (secondary N) is 1. The Bertz CT molecular complexity index is 356. The maximum Gasteiger partial charge on any atom is 0.142 e. The number of ether oxygens (including phenoxy) is 1. The highest BCUT2D eigenvalue weighted by Gasteiger charge is 2.16. The summed E-state index contributed by atoms with van der Waals surface area (Å²) in [4.78, 5) is 0. The van der Waals surface area contributed by atoms with E-state index in [0.29, 0.717) is 6.04 Å². The fourth-order valence-electron chi connectivity index (χ4n) is 2.37. The summed E-state index contributed by atoms with van der Waals surface area (Å²) >= 11 is 0. The van der Waals surface area contributed by atoms with Crippen LogP contribution in [0.25, 0.3) is 0 Å². The van der Waals surface area contributed by atoms with Gasteiger partial charge in [0.05, 0.1) is 12.3 Å². The molecule has 0 atom stereocenters. The van der Waals surface area contributed by atoms with Gasteiger partial charge in [0.2, 0.25) is 0 Å². The molecule has 1 aromatic carbocycles. The van der Waals surface area contributed by atoms with E-state index in [4.69, 9.17) is 4.74 Å². The van der Waals surface area contributed by atoms with Gasteiger partial charge in [0.15, 0.2) is 0 Å². The lowest BCUT2D eigenvalue weighted by Gasteiger charge is -2.17. The van der Waals surface area contributed by atoms with E-state index in [9.17, 15) is 0 Å². The highest BCUT2D eigenvalue weighted by Crippen LogP contribution is 2.30. The van der Waals surface area contributed by atoms with Crippen molar-refractivity contribution in [2.24, 2.45) is 0 Å². The van der Waals surface area contributed by atoms with Crippen LogP contribution in [0.4, 0.5) is 5.69 Å². The first-order valence-corrected chi connectivity index (χ1v) is 6.79. The summed E-state index contributed by atoms with van der Waals surface area (Å²) in [5.74, 6) is 1.01. The van der Waals surface area contributed by atoms with Crippen molar-refractivity contribution in [1.82, 2.24) is 0 Å². The quantitative estimate of drug-likeness (QED) is 0.825. The van der Waals surface area contributed by atoms with Crippen molar-refractivity contribution in [2.75, 3.05) is 11.9 Å². The van der Waals surface area contributed by atoms with Gasteiger partial charge in [0.1, 0.15) is 5.75 Å². The lowest BCUT2D eigenvalue weighted by molar-refractivity contribution is 0.318. The van der Waals surface area contributed by atoms with Gasteiger partial charge >= 0.3 is 0 Å². The largest absolute Gasteiger partial charge is 0.491 e. The molecule has 0 bridgehead atoms. The summed E-state index contributed by atoms with van der Waals surface area (Å²) in [6.07, 6.45) is 6.35. The molecule has 17 heavy (non-hydrogen) atoms. The van der Waals surface area contributed by atoms with Crippen molar-refractivity contribution in [1.29, 1.82) is 0 Å². The Kier molecular flexibility index (Phi) is 4.29. The Morgan fingerprint density at radius 2 is 2.06 bits per heavy atom. The van der Waals surface area contributed by atoms with Gasteiger partial charge in [-0.2, -0.15) is 0 Å². The summed E-state index contributed by atoms with van der Waals surface area (Å²) in [6.45, 7) is 5.04. The molecule has 0 saturated heterocycles. The third kappa shape index (κ3) is 3.39. The topological polar surface area (TPSA) is 21.3 Å². The number of rotatable bonds is 5. The Morgan fingerprint density at radius 3 is 2.76 bits per heavy atom. The van der Waals surface area contributed by atoms with Crippen LogP contribution < -0.4 is 10.1 Å². The molecule has 0 aromatic heterocycles. The van der Waals surface area contributed by atoms with Gasteiger partial charge in [-0.25, -0.2) is 0 Å². The van der Waals surface area contributed by atoms with Gasteiger partial charge in [-0.3, -0.25) is 0 Å². The van der Waals surface area contributed by atoms with Crippen LogP contribution in [-0.4, -0.2) is 12.6 Å². The Balaban J connectivity index is 2.07. The van der Waals surface area contributed by atoms with Gasteiger partial charge in [0.25, 0.3) is 0 Å². The molecule has 1 aromatic rings. The average molecular weight is 233 g/mol. The standard InChI is InChI=1S/C15H23NO/c1-3-10-17-15-11-12(2)8-9-14(15)16-13-6-4-5-7-13/h8-9,11,13,16H,3-7,10H2,1-2H3. The highest BCUT2D eigenvalue weighted by molar-refractivity contribution is 5.58. The molecule has 0 aliphatic heterocycles. The molecule has 2 heteroatoms. The molecule has 0 radical (unpaired) electrons. The molecule has 94 valence electrons. The lowest BCUT2D eigenvalue weighted by Crippen LogP contribution is -2.15. The van der Waals surface area contributed by atoms with E-state index in [0.717, 1.165) is 24.5 Å². The van der Waals surface area contributed by atoms with Crippen molar-refractivity contribution in [3.63, 3.8) is 0 Å². The van der Waals surface area contributed by atoms with Crippen LogP contribution in [0.1, 0.15) is 44.6 Å². The maximum atomic E-state index is 5.81. The van der Waals surface area contributed by atoms with Crippen molar-refractivity contribution >= 4 is 5.69 Å². The Labute approximate surface area is 104 Å². The minimum atomic E-state index is 0.640. The number of aryl methyl sites for hydroxylation is 1. The fourth-order valence-corrected chi connectivity index (χ4v) is 2.37. The van der Waals surface area contributed by atoms with E-state index in [-0.39, 0.29) is 0 Å². The lowest BCUT2D eigenvalue weighted by atomic mass is 10.1. The zero-order valence-corrected chi connectivity index (χ0v) is 11.0. The third-order valence-electron chi connectivity index (χ3n) is 3.31. The Morgan fingerprint density at radius 1 is 1.29 bits per heavy atom. The second-order valence-corrected chi connectivity index (χ2v) is 4.97. The number of benzene rings is 1. The summed E-state index contributed by atoms with van der Waals surface area (Å²) in [5.41, 5.74) is 2.42. The smallest absolute Gasteiger partial charge is 0.142 e. The molecule has 0 amide bonds. The Hall–Kier alpha value is -1.18. The minimum absolute atomic E-state index is 0.640. The maximum absolute atomic E-state index is 5.81. The van der Waals surface area contributed by atoms with Crippen LogP contribution in [-0.2, 0) is 0 Å². The first kappa shape index (κ1) is 12.3. The van der Waals surface area contributed by atoms with Gasteiger partial charge in [-0.1, -0.05) is 25.8 Å². The molecule has 1 aliphatic carbocycles. The van der Waals surface area contributed by atoms with Crippen molar-refractivity contribution in [3.05, 3.63) is 23.8 Å². The van der Waals surface area contributed by atoms with E-state index in [1.165, 1.54) is 31.2 Å². The molecule has 1 aliphatic rings. The van der Waals surface area contributed by atoms with Crippen molar-refractivity contribution < 1.29 is 4.74 Å². The van der Waals surface area contributed by atoms with Crippen LogP contribution in [0.2, 0.25) is 0 Å². The van der Waals surface area contributed by atoms with Crippen LogP contribution in [0, 0.1) is 6.92 Å². The van der Waals surface area contributed by atoms with Crippen LogP contribution in [0.15, 0.2) is 18.2 Å². The molecular formula is C15H23NO. The average Bonchev–Trinajstić information content (AvgIpc) is 2.82. The second kappa shape index (κ2) is 5.95. The normalized spacial score (nSPS) is 16.1. The highest BCUT2D eigenvalue weighted by atomic mass is 16.5. The third-order valence-corrected chi connectivity index (χ3v) is 3.31. The van der Waals surface area contributed by atoms with Gasteiger partial charge in [-0.05, 0) is 43.9 Å². The molecule has 1 N–H and O–H groups in total. The van der Waals surface area contributed by atoms with Crippen LogP contribution >= 0.6 is 0 Å². The molecule has 1 fully saturated rings. The van der Waals surface area contributed by atoms with E-state index >= 15 is 0 Å². The first-order valence-electron chi connectivity index (χ1n) is 6.79. The molecule has 0 spiro atoms. The number of anilines is 1. The monoisotopic (exact) mass is 233 g/mol. The summed E-state index contributed by atoms with van der Waals surface area (Å²) < 4.78 is 5.81. The SMILES string of the molecule is CCCOc1cc(C)ccc1NC1CCCC1. The van der Waals surface area contributed by atoms with Gasteiger partial charge in [-0.15, -0.1) is 0 Å². The van der Waals surface area contributed by atoms with Crippen molar-refractivity contribution in [2.45, 2.75) is 52.0 Å². The minimum Gasteiger partial charge on any atom is -0.491 e. The molecule has 0 heterocycles. The van der Waals surface area contributed by atoms with E-state index in [1.54, 1.807) is 0 Å². The predicted molar refractivity (Wildman–Crippen MR) is 72.8 cm³/mol. The second-order valence-electron chi connectivity index (χ2n) is 4.97. The summed E-state index contributed by atoms with van der Waals surface area (Å²) in [7, 11) is 0. The van der Waals surface area contributed by atoms with Crippen LogP contribution in [0.3, 0.4) is 0 Å². The van der Waals surface area contributed by atoms with Gasteiger partial charge in [0, 0.05) is 6.04 Å². The zero-order chi connectivity index (χ0) is 12.1. The number of hydrogen-bond donors (Lipinski definition) is 1. The molecule has 2 rings (SSSR count). The summed E-state index contributed by atoms with van der Waals surface area (Å²) in [5, 5.41) is 3.62. The van der Waals surface area contributed by atoms with Crippen molar-refractivity contribution in [3.8, 4) is 5.75 Å². The first-order chi connectivity index (χ1) is 8.29. The molecular weight excluding hydrogens is 210 g/mol. The molecule has 2 nitrogen and oxygen atoms in total. The summed E-state index contributed by atoms with van der Waals surface area (Å²) in [6, 6.07) is 7.07.